The van der Waals surface area contributed by atoms with Gasteiger partial charge in [0.1, 0.15) is 0 Å². The largest absolute Gasteiger partial charge is 0.362 e. The molecule has 0 aliphatic rings. The zero-order chi connectivity index (χ0) is 11.7. The third kappa shape index (κ3) is 2.09. The predicted octanol–water partition coefficient (Wildman–Crippen LogP) is 3.42. The highest BCUT2D eigenvalue weighted by Gasteiger charge is 2.07. The summed E-state index contributed by atoms with van der Waals surface area (Å²) in [5.41, 5.74) is 3.56. The Balaban J connectivity index is 2.65. The number of hydrogen-bond acceptors (Lipinski definition) is 1. The van der Waals surface area contributed by atoms with Crippen molar-refractivity contribution in [2.24, 2.45) is 0 Å². The van der Waals surface area contributed by atoms with Crippen molar-refractivity contribution < 1.29 is 0 Å². The van der Waals surface area contributed by atoms with Crippen LogP contribution in [0.2, 0.25) is 0 Å². The molecule has 0 amide bonds. The van der Waals surface area contributed by atoms with Crippen LogP contribution in [0.4, 0.5) is 0 Å². The zero-order valence-corrected chi connectivity index (χ0v) is 10.8. The maximum atomic E-state index is 11.9. The van der Waals surface area contributed by atoms with E-state index in [4.69, 9.17) is 0 Å². The number of aromatic nitrogens is 1. The Bertz CT molecular complexity index is 569. The van der Waals surface area contributed by atoms with E-state index >= 15 is 0 Å². The fourth-order valence-electron chi connectivity index (χ4n) is 1.82. The highest BCUT2D eigenvalue weighted by atomic mass is 79.9. The number of halogens is 1. The average Bonchev–Trinajstić information content (AvgIpc) is 2.19. The molecule has 2 nitrogen and oxygen atoms in total. The van der Waals surface area contributed by atoms with E-state index in [0.29, 0.717) is 0 Å². The molecule has 82 valence electrons. The minimum Gasteiger partial charge on any atom is -0.362 e. The van der Waals surface area contributed by atoms with Gasteiger partial charge in [-0.15, -0.1) is 0 Å². The van der Waals surface area contributed by atoms with Crippen LogP contribution in [-0.4, -0.2) is 4.98 Å². The van der Waals surface area contributed by atoms with Crippen molar-refractivity contribution in [1.29, 1.82) is 0 Å². The molecule has 1 N–H and O–H groups in total. The summed E-state index contributed by atoms with van der Waals surface area (Å²) in [6, 6.07) is 9.39. The molecule has 0 bridgehead atoms. The van der Waals surface area contributed by atoms with E-state index in [1.165, 1.54) is 0 Å². The minimum atomic E-state index is 0.0658. The number of nitrogens with one attached hydrogen (secondary N) is 1. The second-order valence-electron chi connectivity index (χ2n) is 3.82. The van der Waals surface area contributed by atoms with Gasteiger partial charge < -0.3 is 4.98 Å². The summed E-state index contributed by atoms with van der Waals surface area (Å²) >= 11 is 3.38. The lowest BCUT2D eigenvalue weighted by molar-refractivity contribution is 1.11. The number of pyridine rings is 1. The van der Waals surface area contributed by atoms with Gasteiger partial charge in [-0.2, -0.15) is 0 Å². The molecule has 0 aliphatic heterocycles. The van der Waals surface area contributed by atoms with Crippen LogP contribution in [0.3, 0.4) is 0 Å². The van der Waals surface area contributed by atoms with Crippen molar-refractivity contribution >= 4 is 15.9 Å². The van der Waals surface area contributed by atoms with Crippen LogP contribution < -0.4 is 5.43 Å². The summed E-state index contributed by atoms with van der Waals surface area (Å²) in [4.78, 5) is 15.1. The molecule has 0 spiro atoms. The fourth-order valence-corrected chi connectivity index (χ4v) is 2.09. The Kier molecular flexibility index (Phi) is 2.97. The highest BCUT2D eigenvalue weighted by Crippen LogP contribution is 2.21. The Morgan fingerprint density at radius 2 is 1.75 bits per heavy atom. The third-order valence-electron chi connectivity index (χ3n) is 2.49. The van der Waals surface area contributed by atoms with Gasteiger partial charge in [-0.3, -0.25) is 4.79 Å². The van der Waals surface area contributed by atoms with Crippen LogP contribution in [0, 0.1) is 13.8 Å². The van der Waals surface area contributed by atoms with Gasteiger partial charge in [0.05, 0.1) is 0 Å². The van der Waals surface area contributed by atoms with Crippen molar-refractivity contribution in [2.75, 3.05) is 0 Å². The summed E-state index contributed by atoms with van der Waals surface area (Å²) in [7, 11) is 0. The maximum Gasteiger partial charge on any atom is 0.189 e. The van der Waals surface area contributed by atoms with Crippen LogP contribution in [0.1, 0.15) is 11.4 Å². The first kappa shape index (κ1) is 11.1. The van der Waals surface area contributed by atoms with Crippen molar-refractivity contribution in [3.8, 4) is 11.1 Å². The second kappa shape index (κ2) is 4.26. The van der Waals surface area contributed by atoms with Gasteiger partial charge >= 0.3 is 0 Å². The summed E-state index contributed by atoms with van der Waals surface area (Å²) in [5.74, 6) is 0. The average molecular weight is 278 g/mol. The lowest BCUT2D eigenvalue weighted by Crippen LogP contribution is -2.08. The SMILES string of the molecule is Cc1cc(=O)c(-c2ccc(Br)cc2)c(C)[nH]1. The van der Waals surface area contributed by atoms with E-state index < -0.39 is 0 Å². The summed E-state index contributed by atoms with van der Waals surface area (Å²) in [6.45, 7) is 3.81. The fraction of sp³-hybridized carbons (Fsp3) is 0.154. The second-order valence-corrected chi connectivity index (χ2v) is 4.74. The van der Waals surface area contributed by atoms with Crippen molar-refractivity contribution in [3.63, 3.8) is 0 Å². The number of H-pyrrole nitrogens is 1. The summed E-state index contributed by atoms with van der Waals surface area (Å²) in [5, 5.41) is 0. The molecule has 16 heavy (non-hydrogen) atoms. The lowest BCUT2D eigenvalue weighted by atomic mass is 10.0. The van der Waals surface area contributed by atoms with Gasteiger partial charge in [0.2, 0.25) is 0 Å². The number of aromatic amines is 1. The van der Waals surface area contributed by atoms with E-state index in [9.17, 15) is 4.79 Å². The van der Waals surface area contributed by atoms with Gasteiger partial charge in [-0.25, -0.2) is 0 Å². The normalized spacial score (nSPS) is 10.4. The van der Waals surface area contributed by atoms with Crippen LogP contribution >= 0.6 is 15.9 Å². The first-order chi connectivity index (χ1) is 7.58. The lowest BCUT2D eigenvalue weighted by Gasteiger charge is -2.06. The first-order valence-electron chi connectivity index (χ1n) is 5.04. The van der Waals surface area contributed by atoms with Gasteiger partial charge in [-0.1, -0.05) is 28.1 Å². The summed E-state index contributed by atoms with van der Waals surface area (Å²) in [6.07, 6.45) is 0. The minimum absolute atomic E-state index is 0.0658. The molecule has 2 rings (SSSR count). The standard InChI is InChI=1S/C13H12BrNO/c1-8-7-12(16)13(9(2)15-8)10-3-5-11(14)6-4-10/h3-7H,1-2H3,(H,15,16). The number of benzene rings is 1. The van der Waals surface area contributed by atoms with Gasteiger partial charge in [0.25, 0.3) is 0 Å². The highest BCUT2D eigenvalue weighted by molar-refractivity contribution is 9.10. The van der Waals surface area contributed by atoms with E-state index in [-0.39, 0.29) is 5.43 Å². The molecule has 1 heterocycles. The quantitative estimate of drug-likeness (QED) is 0.851. The molecule has 0 radical (unpaired) electrons. The molecular weight excluding hydrogens is 266 g/mol. The Hall–Kier alpha value is -1.35. The number of hydrogen-bond donors (Lipinski definition) is 1. The predicted molar refractivity (Wildman–Crippen MR) is 69.7 cm³/mol. The molecule has 0 saturated heterocycles. The molecule has 0 fully saturated rings. The Labute approximate surface area is 102 Å². The topological polar surface area (TPSA) is 32.9 Å². The Morgan fingerprint density at radius 3 is 2.31 bits per heavy atom. The van der Waals surface area contributed by atoms with E-state index in [1.54, 1.807) is 6.07 Å². The molecule has 1 aromatic carbocycles. The molecule has 0 atom stereocenters. The number of rotatable bonds is 1. The zero-order valence-electron chi connectivity index (χ0n) is 9.17. The smallest absolute Gasteiger partial charge is 0.189 e. The van der Waals surface area contributed by atoms with Crippen LogP contribution in [0.5, 0.6) is 0 Å². The van der Waals surface area contributed by atoms with Crippen molar-refractivity contribution in [3.05, 3.63) is 56.4 Å². The van der Waals surface area contributed by atoms with Crippen LogP contribution in [-0.2, 0) is 0 Å². The van der Waals surface area contributed by atoms with Crippen molar-refractivity contribution in [2.45, 2.75) is 13.8 Å². The molecule has 0 saturated carbocycles. The first-order valence-corrected chi connectivity index (χ1v) is 5.83. The van der Waals surface area contributed by atoms with Gasteiger partial charge in [0.15, 0.2) is 5.43 Å². The molecule has 0 aliphatic carbocycles. The van der Waals surface area contributed by atoms with Gasteiger partial charge in [0, 0.05) is 27.5 Å². The summed E-state index contributed by atoms with van der Waals surface area (Å²) < 4.78 is 1.01. The molecule has 0 unspecified atom stereocenters. The monoisotopic (exact) mass is 277 g/mol. The molecular formula is C13H12BrNO. The van der Waals surface area contributed by atoms with Crippen LogP contribution in [0.25, 0.3) is 11.1 Å². The Morgan fingerprint density at radius 1 is 1.12 bits per heavy atom. The van der Waals surface area contributed by atoms with E-state index in [2.05, 4.69) is 20.9 Å². The molecule has 1 aromatic heterocycles. The maximum absolute atomic E-state index is 11.9. The van der Waals surface area contributed by atoms with Gasteiger partial charge in [-0.05, 0) is 31.5 Å². The van der Waals surface area contributed by atoms with E-state index in [0.717, 1.165) is 27.0 Å². The molecule has 2 aromatic rings. The van der Waals surface area contributed by atoms with E-state index in [1.807, 2.05) is 38.1 Å². The molecule has 3 heteroatoms. The van der Waals surface area contributed by atoms with Crippen LogP contribution in [0.15, 0.2) is 39.6 Å². The third-order valence-corrected chi connectivity index (χ3v) is 3.02. The number of aryl methyl sites for hydroxylation is 2. The van der Waals surface area contributed by atoms with Crippen molar-refractivity contribution in [1.82, 2.24) is 4.98 Å².